The molecule has 0 aliphatic rings. The molecule has 120 valence electrons. The van der Waals surface area contributed by atoms with Crippen molar-refractivity contribution < 1.29 is 14.3 Å². The van der Waals surface area contributed by atoms with Gasteiger partial charge < -0.3 is 20.7 Å². The lowest BCUT2D eigenvalue weighted by Crippen LogP contribution is -2.29. The summed E-state index contributed by atoms with van der Waals surface area (Å²) < 4.78 is 4.92. The van der Waals surface area contributed by atoms with Crippen molar-refractivity contribution in [1.29, 1.82) is 0 Å². The summed E-state index contributed by atoms with van der Waals surface area (Å²) in [5.41, 5.74) is 1.36. The zero-order chi connectivity index (χ0) is 16.2. The molecule has 6 heteroatoms. The largest absolute Gasteiger partial charge is 0.385 e. The van der Waals surface area contributed by atoms with Crippen LogP contribution in [-0.2, 0) is 9.53 Å². The van der Waals surface area contributed by atoms with Gasteiger partial charge in [-0.25, -0.2) is 0 Å². The Morgan fingerprint density at radius 2 is 1.95 bits per heavy atom. The standard InChI is InChI=1S/C16H23N3O3/c1-3-9-17-15(20)12-19-14-7-5-13(6-8-14)16(21)18-10-4-11-22-2/h3,5-8,19H,1,4,9-12H2,2H3,(H,17,20)(H,18,21). The molecule has 1 aromatic rings. The first kappa shape index (κ1) is 17.7. The van der Waals surface area contributed by atoms with Crippen LogP contribution in [0.15, 0.2) is 36.9 Å². The van der Waals surface area contributed by atoms with Crippen molar-refractivity contribution in [3.8, 4) is 0 Å². The lowest BCUT2D eigenvalue weighted by Gasteiger charge is -2.08. The number of nitrogens with one attached hydrogen (secondary N) is 3. The number of carbonyl (C=O) groups excluding carboxylic acids is 2. The average molecular weight is 305 g/mol. The molecule has 0 heterocycles. The van der Waals surface area contributed by atoms with Crippen molar-refractivity contribution in [2.24, 2.45) is 0 Å². The highest BCUT2D eigenvalue weighted by Gasteiger charge is 2.05. The second-order valence-corrected chi connectivity index (χ2v) is 4.63. The third-order valence-electron chi connectivity index (χ3n) is 2.85. The molecule has 0 spiro atoms. The van der Waals surface area contributed by atoms with E-state index in [1.807, 2.05) is 0 Å². The monoisotopic (exact) mass is 305 g/mol. The summed E-state index contributed by atoms with van der Waals surface area (Å²) >= 11 is 0. The number of anilines is 1. The Labute approximate surface area is 130 Å². The molecule has 2 amide bonds. The maximum Gasteiger partial charge on any atom is 0.251 e. The van der Waals surface area contributed by atoms with Crippen molar-refractivity contribution >= 4 is 17.5 Å². The minimum absolute atomic E-state index is 0.111. The SMILES string of the molecule is C=CCNC(=O)CNc1ccc(C(=O)NCCCOC)cc1. The van der Waals surface area contributed by atoms with Crippen LogP contribution in [0.1, 0.15) is 16.8 Å². The molecule has 1 rings (SSSR count). The van der Waals surface area contributed by atoms with Crippen LogP contribution >= 0.6 is 0 Å². The molecular weight excluding hydrogens is 282 g/mol. The molecule has 0 aromatic heterocycles. The van der Waals surface area contributed by atoms with Gasteiger partial charge in [-0.2, -0.15) is 0 Å². The quantitative estimate of drug-likeness (QED) is 0.448. The van der Waals surface area contributed by atoms with E-state index in [1.54, 1.807) is 37.5 Å². The van der Waals surface area contributed by atoms with Crippen LogP contribution in [0.25, 0.3) is 0 Å². The second kappa shape index (κ2) is 10.4. The number of hydrogen-bond acceptors (Lipinski definition) is 4. The third kappa shape index (κ3) is 6.90. The van der Waals surface area contributed by atoms with Gasteiger partial charge in [0.1, 0.15) is 0 Å². The third-order valence-corrected chi connectivity index (χ3v) is 2.85. The lowest BCUT2D eigenvalue weighted by molar-refractivity contribution is -0.119. The molecule has 0 aliphatic heterocycles. The Morgan fingerprint density at radius 3 is 2.59 bits per heavy atom. The van der Waals surface area contributed by atoms with E-state index in [1.165, 1.54) is 0 Å². The van der Waals surface area contributed by atoms with Crippen LogP contribution in [0.3, 0.4) is 0 Å². The molecule has 22 heavy (non-hydrogen) atoms. The van der Waals surface area contributed by atoms with Crippen LogP contribution in [0.2, 0.25) is 0 Å². The van der Waals surface area contributed by atoms with Gasteiger partial charge in [0.15, 0.2) is 0 Å². The van der Waals surface area contributed by atoms with Gasteiger partial charge in [-0.1, -0.05) is 6.08 Å². The van der Waals surface area contributed by atoms with Gasteiger partial charge in [0.05, 0.1) is 6.54 Å². The summed E-state index contributed by atoms with van der Waals surface area (Å²) in [6, 6.07) is 6.97. The zero-order valence-electron chi connectivity index (χ0n) is 12.9. The maximum atomic E-state index is 11.9. The minimum Gasteiger partial charge on any atom is -0.385 e. The summed E-state index contributed by atoms with van der Waals surface area (Å²) in [6.07, 6.45) is 2.40. The molecule has 0 fully saturated rings. The second-order valence-electron chi connectivity index (χ2n) is 4.63. The van der Waals surface area contributed by atoms with Gasteiger partial charge in [-0.15, -0.1) is 6.58 Å². The molecule has 0 unspecified atom stereocenters. The summed E-state index contributed by atoms with van der Waals surface area (Å²) in [7, 11) is 1.63. The average Bonchev–Trinajstić information content (AvgIpc) is 2.55. The van der Waals surface area contributed by atoms with Gasteiger partial charge in [0.2, 0.25) is 5.91 Å². The van der Waals surface area contributed by atoms with Crippen LogP contribution in [0.5, 0.6) is 0 Å². The molecular formula is C16H23N3O3. The van der Waals surface area contributed by atoms with E-state index in [-0.39, 0.29) is 18.4 Å². The summed E-state index contributed by atoms with van der Waals surface area (Å²) in [6.45, 7) is 5.35. The predicted molar refractivity (Wildman–Crippen MR) is 87.0 cm³/mol. The first-order chi connectivity index (χ1) is 10.7. The highest BCUT2D eigenvalue weighted by Crippen LogP contribution is 2.09. The van der Waals surface area contributed by atoms with Crippen LogP contribution in [0.4, 0.5) is 5.69 Å². The van der Waals surface area contributed by atoms with E-state index in [2.05, 4.69) is 22.5 Å². The lowest BCUT2D eigenvalue weighted by atomic mass is 10.2. The Bertz CT molecular complexity index is 486. The van der Waals surface area contributed by atoms with E-state index >= 15 is 0 Å². The summed E-state index contributed by atoms with van der Waals surface area (Å²) in [4.78, 5) is 23.3. The van der Waals surface area contributed by atoms with Crippen LogP contribution in [0, 0.1) is 0 Å². The number of methoxy groups -OCH3 is 1. The number of ether oxygens (including phenoxy) is 1. The highest BCUT2D eigenvalue weighted by atomic mass is 16.5. The molecule has 0 atom stereocenters. The minimum atomic E-state index is -0.119. The fourth-order valence-corrected chi connectivity index (χ4v) is 1.69. The molecule has 3 N–H and O–H groups in total. The van der Waals surface area contributed by atoms with E-state index in [9.17, 15) is 9.59 Å². The van der Waals surface area contributed by atoms with Crippen molar-refractivity contribution in [1.82, 2.24) is 10.6 Å². The summed E-state index contributed by atoms with van der Waals surface area (Å²) in [5, 5.41) is 8.47. The van der Waals surface area contributed by atoms with E-state index < -0.39 is 0 Å². The molecule has 0 bridgehead atoms. The molecule has 1 aromatic carbocycles. The van der Waals surface area contributed by atoms with E-state index in [0.717, 1.165) is 12.1 Å². The van der Waals surface area contributed by atoms with Gasteiger partial charge in [0, 0.05) is 38.1 Å². The van der Waals surface area contributed by atoms with Crippen molar-refractivity contribution in [2.45, 2.75) is 6.42 Å². The van der Waals surface area contributed by atoms with Crippen LogP contribution in [-0.4, -0.2) is 45.2 Å². The van der Waals surface area contributed by atoms with Crippen molar-refractivity contribution in [3.05, 3.63) is 42.5 Å². The van der Waals surface area contributed by atoms with Gasteiger partial charge in [-0.05, 0) is 30.7 Å². The zero-order valence-corrected chi connectivity index (χ0v) is 12.9. The Kier molecular flexibility index (Phi) is 8.37. The number of rotatable bonds is 10. The highest BCUT2D eigenvalue weighted by molar-refractivity contribution is 5.94. The van der Waals surface area contributed by atoms with Crippen molar-refractivity contribution in [3.63, 3.8) is 0 Å². The van der Waals surface area contributed by atoms with E-state index in [4.69, 9.17) is 4.74 Å². The predicted octanol–water partition coefficient (Wildman–Crippen LogP) is 1.17. The topological polar surface area (TPSA) is 79.5 Å². The molecule has 0 aliphatic carbocycles. The maximum absolute atomic E-state index is 11.9. The normalized spacial score (nSPS) is 9.86. The molecule has 6 nitrogen and oxygen atoms in total. The Balaban J connectivity index is 2.37. The van der Waals surface area contributed by atoms with Gasteiger partial charge in [0.25, 0.3) is 5.91 Å². The van der Waals surface area contributed by atoms with E-state index in [0.29, 0.717) is 25.3 Å². The molecule has 0 saturated carbocycles. The fraction of sp³-hybridized carbons (Fsp3) is 0.375. The smallest absolute Gasteiger partial charge is 0.251 e. The number of hydrogen-bond donors (Lipinski definition) is 3. The molecule has 0 saturated heterocycles. The molecule has 0 radical (unpaired) electrons. The first-order valence-corrected chi connectivity index (χ1v) is 7.16. The number of amides is 2. The van der Waals surface area contributed by atoms with Crippen molar-refractivity contribution in [2.75, 3.05) is 38.7 Å². The first-order valence-electron chi connectivity index (χ1n) is 7.16. The van der Waals surface area contributed by atoms with Gasteiger partial charge >= 0.3 is 0 Å². The number of benzene rings is 1. The van der Waals surface area contributed by atoms with Crippen LogP contribution < -0.4 is 16.0 Å². The fourth-order valence-electron chi connectivity index (χ4n) is 1.69. The summed E-state index contributed by atoms with van der Waals surface area (Å²) in [5.74, 6) is -0.230. The Morgan fingerprint density at radius 1 is 1.23 bits per heavy atom. The van der Waals surface area contributed by atoms with Gasteiger partial charge in [-0.3, -0.25) is 9.59 Å². The Hall–Kier alpha value is -2.34. The number of carbonyl (C=O) groups is 2.